The molecule has 0 aromatic rings. The predicted molar refractivity (Wildman–Crippen MR) is 69.4 cm³/mol. The third-order valence-electron chi connectivity index (χ3n) is 4.60. The fourth-order valence-electron chi connectivity index (χ4n) is 3.31. The second kappa shape index (κ2) is 6.61. The van der Waals surface area contributed by atoms with E-state index >= 15 is 0 Å². The van der Waals surface area contributed by atoms with Crippen molar-refractivity contribution in [2.75, 3.05) is 13.1 Å². The molecule has 2 aliphatic carbocycles. The molecule has 94 valence electrons. The van der Waals surface area contributed by atoms with Crippen LogP contribution < -0.4 is 11.1 Å². The molecule has 0 unspecified atom stereocenters. The molecule has 0 aliphatic heterocycles. The third kappa shape index (κ3) is 3.74. The Kier molecular flexibility index (Phi) is 5.11. The Hall–Kier alpha value is -0.0800. The zero-order valence-corrected chi connectivity index (χ0v) is 10.6. The van der Waals surface area contributed by atoms with Gasteiger partial charge in [-0.3, -0.25) is 0 Å². The van der Waals surface area contributed by atoms with Crippen LogP contribution in [0.25, 0.3) is 0 Å². The minimum absolute atomic E-state index is 0.825. The van der Waals surface area contributed by atoms with E-state index in [4.69, 9.17) is 5.73 Å². The lowest BCUT2D eigenvalue weighted by Crippen LogP contribution is -2.36. The van der Waals surface area contributed by atoms with Crippen molar-refractivity contribution >= 4 is 0 Å². The average molecular weight is 224 g/mol. The number of hydrogen-bond acceptors (Lipinski definition) is 2. The molecule has 2 aliphatic rings. The van der Waals surface area contributed by atoms with Crippen LogP contribution >= 0.6 is 0 Å². The number of nitrogens with two attached hydrogens (primary N) is 1. The fourth-order valence-corrected chi connectivity index (χ4v) is 3.31. The molecule has 2 heteroatoms. The van der Waals surface area contributed by atoms with Crippen molar-refractivity contribution in [3.63, 3.8) is 0 Å². The van der Waals surface area contributed by atoms with Gasteiger partial charge in [0, 0.05) is 6.04 Å². The molecule has 2 rings (SSSR count). The van der Waals surface area contributed by atoms with E-state index in [1.165, 1.54) is 64.3 Å². The summed E-state index contributed by atoms with van der Waals surface area (Å²) in [6.45, 7) is 2.17. The first-order valence-electron chi connectivity index (χ1n) is 7.32. The van der Waals surface area contributed by atoms with E-state index in [1.54, 1.807) is 0 Å². The first-order valence-corrected chi connectivity index (χ1v) is 7.32. The van der Waals surface area contributed by atoms with E-state index < -0.39 is 0 Å². The van der Waals surface area contributed by atoms with E-state index in [0.29, 0.717) is 0 Å². The maximum absolute atomic E-state index is 5.72. The molecule has 0 aromatic heterocycles. The van der Waals surface area contributed by atoms with E-state index in [9.17, 15) is 0 Å². The SMILES string of the molecule is NCC1CCC(CNC2CCCCC2)CC1. The van der Waals surface area contributed by atoms with Gasteiger partial charge in [0.15, 0.2) is 0 Å². The normalized spacial score (nSPS) is 32.8. The van der Waals surface area contributed by atoms with E-state index in [2.05, 4.69) is 5.32 Å². The maximum Gasteiger partial charge on any atom is 0.00671 e. The molecule has 2 nitrogen and oxygen atoms in total. The van der Waals surface area contributed by atoms with Crippen LogP contribution in [-0.2, 0) is 0 Å². The molecule has 3 N–H and O–H groups in total. The second-order valence-corrected chi connectivity index (χ2v) is 5.87. The Balaban J connectivity index is 1.59. The summed E-state index contributed by atoms with van der Waals surface area (Å²) in [4.78, 5) is 0. The highest BCUT2D eigenvalue weighted by molar-refractivity contribution is 4.77. The molecule has 0 heterocycles. The van der Waals surface area contributed by atoms with Crippen LogP contribution in [0.5, 0.6) is 0 Å². The monoisotopic (exact) mass is 224 g/mol. The van der Waals surface area contributed by atoms with Gasteiger partial charge in [-0.15, -0.1) is 0 Å². The molecule has 0 saturated heterocycles. The Labute approximate surface area is 100 Å². The van der Waals surface area contributed by atoms with Gasteiger partial charge in [0.1, 0.15) is 0 Å². The predicted octanol–water partition coefficient (Wildman–Crippen LogP) is 2.67. The van der Waals surface area contributed by atoms with Gasteiger partial charge in [-0.1, -0.05) is 19.3 Å². The molecule has 0 atom stereocenters. The molecule has 2 fully saturated rings. The summed E-state index contributed by atoms with van der Waals surface area (Å²) in [6.07, 6.45) is 12.7. The first kappa shape index (κ1) is 12.4. The first-order chi connectivity index (χ1) is 7.88. The van der Waals surface area contributed by atoms with Gasteiger partial charge in [-0.05, 0) is 63.5 Å². The lowest BCUT2D eigenvalue weighted by atomic mass is 9.82. The van der Waals surface area contributed by atoms with Gasteiger partial charge in [0.25, 0.3) is 0 Å². The van der Waals surface area contributed by atoms with E-state index in [0.717, 1.165) is 24.4 Å². The quantitative estimate of drug-likeness (QED) is 0.770. The van der Waals surface area contributed by atoms with E-state index in [-0.39, 0.29) is 0 Å². The lowest BCUT2D eigenvalue weighted by Gasteiger charge is -2.30. The highest BCUT2D eigenvalue weighted by Gasteiger charge is 2.21. The average Bonchev–Trinajstić information content (AvgIpc) is 2.38. The van der Waals surface area contributed by atoms with Crippen molar-refractivity contribution < 1.29 is 0 Å². The van der Waals surface area contributed by atoms with Crippen LogP contribution in [0.4, 0.5) is 0 Å². The van der Waals surface area contributed by atoms with Crippen LogP contribution in [0.1, 0.15) is 57.8 Å². The molecule has 0 amide bonds. The van der Waals surface area contributed by atoms with Crippen LogP contribution in [0.3, 0.4) is 0 Å². The molecule has 0 bridgehead atoms. The molecule has 0 radical (unpaired) electrons. The Morgan fingerprint density at radius 2 is 1.44 bits per heavy atom. The third-order valence-corrected chi connectivity index (χ3v) is 4.60. The largest absolute Gasteiger partial charge is 0.330 e. The molecule has 2 saturated carbocycles. The highest BCUT2D eigenvalue weighted by Crippen LogP contribution is 2.28. The molecule has 0 spiro atoms. The molecule has 16 heavy (non-hydrogen) atoms. The standard InChI is InChI=1S/C14H28N2/c15-10-12-6-8-13(9-7-12)11-16-14-4-2-1-3-5-14/h12-14,16H,1-11,15H2. The minimum Gasteiger partial charge on any atom is -0.330 e. The smallest absolute Gasteiger partial charge is 0.00671 e. The molecular formula is C14H28N2. The summed E-state index contributed by atoms with van der Waals surface area (Å²) in [5, 5.41) is 3.79. The molecular weight excluding hydrogens is 196 g/mol. The van der Waals surface area contributed by atoms with E-state index in [1.807, 2.05) is 0 Å². The lowest BCUT2D eigenvalue weighted by molar-refractivity contribution is 0.255. The summed E-state index contributed by atoms with van der Waals surface area (Å²) >= 11 is 0. The summed E-state index contributed by atoms with van der Waals surface area (Å²) in [5.74, 6) is 1.76. The Morgan fingerprint density at radius 3 is 2.06 bits per heavy atom. The van der Waals surface area contributed by atoms with Gasteiger partial charge >= 0.3 is 0 Å². The van der Waals surface area contributed by atoms with Gasteiger partial charge < -0.3 is 11.1 Å². The Bertz CT molecular complexity index is 179. The zero-order valence-electron chi connectivity index (χ0n) is 10.6. The van der Waals surface area contributed by atoms with Crippen LogP contribution in [-0.4, -0.2) is 19.1 Å². The highest BCUT2D eigenvalue weighted by atomic mass is 14.9. The number of rotatable bonds is 4. The van der Waals surface area contributed by atoms with Crippen molar-refractivity contribution in [1.82, 2.24) is 5.32 Å². The topological polar surface area (TPSA) is 38.0 Å². The maximum atomic E-state index is 5.72. The summed E-state index contributed by atoms with van der Waals surface area (Å²) < 4.78 is 0. The minimum atomic E-state index is 0.825. The fraction of sp³-hybridized carbons (Fsp3) is 1.00. The zero-order chi connectivity index (χ0) is 11.2. The molecule has 0 aromatic carbocycles. The van der Waals surface area contributed by atoms with Gasteiger partial charge in [-0.2, -0.15) is 0 Å². The summed E-state index contributed by atoms with van der Waals surface area (Å²) in [6, 6.07) is 0.834. The Morgan fingerprint density at radius 1 is 0.812 bits per heavy atom. The van der Waals surface area contributed by atoms with Crippen molar-refractivity contribution in [3.05, 3.63) is 0 Å². The van der Waals surface area contributed by atoms with Crippen molar-refractivity contribution in [2.24, 2.45) is 17.6 Å². The van der Waals surface area contributed by atoms with Crippen molar-refractivity contribution in [1.29, 1.82) is 0 Å². The van der Waals surface area contributed by atoms with Crippen molar-refractivity contribution in [2.45, 2.75) is 63.8 Å². The summed E-state index contributed by atoms with van der Waals surface area (Å²) in [7, 11) is 0. The number of nitrogens with one attached hydrogen (secondary N) is 1. The second-order valence-electron chi connectivity index (χ2n) is 5.87. The van der Waals surface area contributed by atoms with Crippen LogP contribution in [0.2, 0.25) is 0 Å². The van der Waals surface area contributed by atoms with Gasteiger partial charge in [0.05, 0.1) is 0 Å². The summed E-state index contributed by atoms with van der Waals surface area (Å²) in [5.41, 5.74) is 5.72. The van der Waals surface area contributed by atoms with Crippen LogP contribution in [0.15, 0.2) is 0 Å². The van der Waals surface area contributed by atoms with Crippen LogP contribution in [0, 0.1) is 11.8 Å². The number of hydrogen-bond donors (Lipinski definition) is 2. The van der Waals surface area contributed by atoms with Gasteiger partial charge in [0.2, 0.25) is 0 Å². The van der Waals surface area contributed by atoms with Crippen molar-refractivity contribution in [3.8, 4) is 0 Å². The van der Waals surface area contributed by atoms with Gasteiger partial charge in [-0.25, -0.2) is 0 Å².